The Morgan fingerprint density at radius 2 is 0.525 bits per heavy atom. The molecule has 0 spiro atoms. The molecule has 0 aliphatic carbocycles. The minimum atomic E-state index is -0.643. The third-order valence-corrected chi connectivity index (χ3v) is 6.99. The van der Waals surface area contributed by atoms with E-state index in [9.17, 15) is 19.2 Å². The van der Waals surface area contributed by atoms with E-state index in [1.807, 2.05) is 27.7 Å². The molecule has 0 aromatic heterocycles. The third kappa shape index (κ3) is 30.4. The van der Waals surface area contributed by atoms with Gasteiger partial charge in [-0.05, 0) is 51.4 Å². The van der Waals surface area contributed by atoms with Gasteiger partial charge in [0.2, 0.25) is 0 Å². The van der Waals surface area contributed by atoms with E-state index in [0.717, 1.165) is 103 Å². The van der Waals surface area contributed by atoms with Crippen molar-refractivity contribution in [1.29, 1.82) is 0 Å². The van der Waals surface area contributed by atoms with Gasteiger partial charge < -0.3 is 20.4 Å². The van der Waals surface area contributed by atoms with Crippen LogP contribution < -0.4 is 0 Å². The molecule has 40 heavy (non-hydrogen) atoms. The number of rotatable bonds is 20. The summed E-state index contributed by atoms with van der Waals surface area (Å²) in [6.45, 7) is 16.0. The van der Waals surface area contributed by atoms with Gasteiger partial charge in [0.25, 0.3) is 0 Å². The SMILES string of the molecule is CCCCC(CC)C(=O)O.CCCCC(CC)C(=O)O.CCCCC(CC)C(=O)O.CCCCC(CC)C(=O)O. The fourth-order valence-electron chi connectivity index (χ4n) is 3.81. The average molecular weight is 577 g/mol. The molecule has 0 saturated carbocycles. The topological polar surface area (TPSA) is 149 Å². The summed E-state index contributed by atoms with van der Waals surface area (Å²) in [6, 6.07) is 0. The van der Waals surface area contributed by atoms with Crippen LogP contribution >= 0.6 is 0 Å². The summed E-state index contributed by atoms with van der Waals surface area (Å²) >= 11 is 0. The molecular weight excluding hydrogens is 512 g/mol. The number of unbranched alkanes of at least 4 members (excludes halogenated alkanes) is 4. The van der Waals surface area contributed by atoms with Crippen molar-refractivity contribution >= 4 is 23.9 Å². The number of hydrogen-bond acceptors (Lipinski definition) is 4. The minimum Gasteiger partial charge on any atom is -0.481 e. The van der Waals surface area contributed by atoms with Gasteiger partial charge in [-0.2, -0.15) is 0 Å². The molecular formula is C32H64O8. The monoisotopic (exact) mass is 576 g/mol. The molecule has 0 radical (unpaired) electrons. The highest BCUT2D eigenvalue weighted by molar-refractivity contribution is 5.70. The minimum absolute atomic E-state index is 0.111. The fraction of sp³-hybridized carbons (Fsp3) is 0.875. The van der Waals surface area contributed by atoms with E-state index in [-0.39, 0.29) is 23.7 Å². The lowest BCUT2D eigenvalue weighted by atomic mass is 10.00. The highest BCUT2D eigenvalue weighted by Gasteiger charge is 2.15. The standard InChI is InChI=1S/4C8H16O2/c4*1-3-5-6-7(4-2)8(9)10/h4*7H,3-6H2,1-2H3,(H,9,10). The second kappa shape index (κ2) is 33.1. The molecule has 0 saturated heterocycles. The smallest absolute Gasteiger partial charge is 0.306 e. The Balaban J connectivity index is -0.000000216. The van der Waals surface area contributed by atoms with Gasteiger partial charge in [0, 0.05) is 0 Å². The molecule has 0 aliphatic rings. The molecule has 240 valence electrons. The van der Waals surface area contributed by atoms with Crippen molar-refractivity contribution in [1.82, 2.24) is 0 Å². The zero-order valence-corrected chi connectivity index (χ0v) is 27.0. The predicted octanol–water partition coefficient (Wildman–Crippen LogP) is 9.15. The van der Waals surface area contributed by atoms with Crippen molar-refractivity contribution in [2.75, 3.05) is 0 Å². The normalized spacial score (nSPS) is 13.0. The van der Waals surface area contributed by atoms with Gasteiger partial charge in [-0.15, -0.1) is 0 Å². The first kappa shape index (κ1) is 44.9. The number of carbonyl (C=O) groups is 4. The summed E-state index contributed by atoms with van der Waals surface area (Å²) < 4.78 is 0. The van der Waals surface area contributed by atoms with Crippen LogP contribution in [0.4, 0.5) is 0 Å². The molecule has 0 aliphatic heterocycles. The van der Waals surface area contributed by atoms with Crippen molar-refractivity contribution in [2.45, 2.75) is 158 Å². The molecule has 0 aromatic rings. The van der Waals surface area contributed by atoms with E-state index < -0.39 is 23.9 Å². The van der Waals surface area contributed by atoms with Gasteiger partial charge in [0.1, 0.15) is 0 Å². The van der Waals surface area contributed by atoms with Crippen molar-refractivity contribution in [3.8, 4) is 0 Å². The Morgan fingerprint density at radius 1 is 0.375 bits per heavy atom. The first-order valence-electron chi connectivity index (χ1n) is 15.8. The summed E-state index contributed by atoms with van der Waals surface area (Å²) in [4.78, 5) is 41.7. The van der Waals surface area contributed by atoms with Crippen molar-refractivity contribution < 1.29 is 39.6 Å². The molecule has 0 fully saturated rings. The van der Waals surface area contributed by atoms with E-state index in [4.69, 9.17) is 20.4 Å². The predicted molar refractivity (Wildman–Crippen MR) is 164 cm³/mol. The number of aliphatic carboxylic acids is 4. The van der Waals surface area contributed by atoms with Crippen LogP contribution in [0.1, 0.15) is 158 Å². The van der Waals surface area contributed by atoms with Gasteiger partial charge >= 0.3 is 23.9 Å². The van der Waals surface area contributed by atoms with Crippen LogP contribution in [0.15, 0.2) is 0 Å². The summed E-state index contributed by atoms with van der Waals surface area (Å²) in [5.74, 6) is -3.02. The zero-order chi connectivity index (χ0) is 31.9. The molecule has 0 heterocycles. The Bertz CT molecular complexity index is 502. The van der Waals surface area contributed by atoms with Gasteiger partial charge in [0.15, 0.2) is 0 Å². The Kier molecular flexibility index (Phi) is 37.1. The van der Waals surface area contributed by atoms with Gasteiger partial charge in [-0.25, -0.2) is 0 Å². The zero-order valence-electron chi connectivity index (χ0n) is 27.0. The summed E-state index contributed by atoms with van der Waals surface area (Å²) in [6.07, 6.45) is 14.9. The summed E-state index contributed by atoms with van der Waals surface area (Å²) in [7, 11) is 0. The highest BCUT2D eigenvalue weighted by Crippen LogP contribution is 2.14. The second-order valence-corrected chi connectivity index (χ2v) is 10.3. The highest BCUT2D eigenvalue weighted by atomic mass is 16.4. The molecule has 0 rings (SSSR count). The Morgan fingerprint density at radius 3 is 0.600 bits per heavy atom. The maximum absolute atomic E-state index is 10.4. The van der Waals surface area contributed by atoms with Crippen LogP contribution in [-0.2, 0) is 19.2 Å². The quantitative estimate of drug-likeness (QED) is 0.112. The largest absolute Gasteiger partial charge is 0.481 e. The van der Waals surface area contributed by atoms with E-state index >= 15 is 0 Å². The average Bonchev–Trinajstić information content (AvgIpc) is 2.91. The molecule has 8 nitrogen and oxygen atoms in total. The molecule has 4 atom stereocenters. The first-order valence-corrected chi connectivity index (χ1v) is 15.8. The van der Waals surface area contributed by atoms with Gasteiger partial charge in [-0.3, -0.25) is 19.2 Å². The van der Waals surface area contributed by atoms with Crippen LogP contribution in [0.25, 0.3) is 0 Å². The summed E-state index contributed by atoms with van der Waals surface area (Å²) in [5.41, 5.74) is 0. The molecule has 0 aromatic carbocycles. The number of carboxylic acids is 4. The second-order valence-electron chi connectivity index (χ2n) is 10.3. The van der Waals surface area contributed by atoms with Crippen LogP contribution in [0.2, 0.25) is 0 Å². The van der Waals surface area contributed by atoms with Gasteiger partial charge in [-0.1, -0.05) is 107 Å². The van der Waals surface area contributed by atoms with E-state index in [0.29, 0.717) is 0 Å². The van der Waals surface area contributed by atoms with Crippen molar-refractivity contribution in [2.24, 2.45) is 23.7 Å². The third-order valence-electron chi connectivity index (χ3n) is 6.99. The van der Waals surface area contributed by atoms with Crippen LogP contribution in [0.3, 0.4) is 0 Å². The number of hydrogen-bond donors (Lipinski definition) is 4. The van der Waals surface area contributed by atoms with Crippen molar-refractivity contribution in [3.05, 3.63) is 0 Å². The lowest BCUT2D eigenvalue weighted by Gasteiger charge is -2.06. The molecule has 4 N–H and O–H groups in total. The fourth-order valence-corrected chi connectivity index (χ4v) is 3.81. The first-order chi connectivity index (χ1) is 18.9. The Labute approximate surface area is 245 Å². The molecule has 8 heteroatoms. The van der Waals surface area contributed by atoms with Gasteiger partial charge in [0.05, 0.1) is 23.7 Å². The van der Waals surface area contributed by atoms with Crippen LogP contribution in [0, 0.1) is 23.7 Å². The van der Waals surface area contributed by atoms with E-state index in [1.54, 1.807) is 0 Å². The maximum atomic E-state index is 10.4. The molecule has 0 amide bonds. The number of carboxylic acid groups (broad SMARTS) is 4. The van der Waals surface area contributed by atoms with E-state index in [1.165, 1.54) is 0 Å². The van der Waals surface area contributed by atoms with E-state index in [2.05, 4.69) is 27.7 Å². The maximum Gasteiger partial charge on any atom is 0.306 e. The lowest BCUT2D eigenvalue weighted by Crippen LogP contribution is -2.11. The molecule has 4 unspecified atom stereocenters. The Hall–Kier alpha value is -2.12. The van der Waals surface area contributed by atoms with Crippen LogP contribution in [-0.4, -0.2) is 44.3 Å². The summed E-state index contributed by atoms with van der Waals surface area (Å²) in [5, 5.41) is 34.4. The lowest BCUT2D eigenvalue weighted by molar-refractivity contribution is -0.143. The molecule has 0 bridgehead atoms. The van der Waals surface area contributed by atoms with Crippen LogP contribution in [0.5, 0.6) is 0 Å². The van der Waals surface area contributed by atoms with Crippen molar-refractivity contribution in [3.63, 3.8) is 0 Å².